The van der Waals surface area contributed by atoms with E-state index in [-0.39, 0.29) is 18.2 Å². The van der Waals surface area contributed by atoms with E-state index >= 15 is 0 Å². The molecule has 0 saturated carbocycles. The Labute approximate surface area is 182 Å². The van der Waals surface area contributed by atoms with Gasteiger partial charge >= 0.3 is 0 Å². The molecule has 0 unspecified atom stereocenters. The zero-order valence-electron chi connectivity index (χ0n) is 16.3. The van der Waals surface area contributed by atoms with Crippen LogP contribution in [0.15, 0.2) is 47.3 Å². The van der Waals surface area contributed by atoms with E-state index < -0.39 is 5.60 Å². The van der Waals surface area contributed by atoms with Gasteiger partial charge in [-0.05, 0) is 34.3 Å². The fourth-order valence-corrected chi connectivity index (χ4v) is 5.48. The maximum absolute atomic E-state index is 13.5. The minimum Gasteiger partial charge on any atom is -0.342 e. The van der Waals surface area contributed by atoms with Gasteiger partial charge in [-0.1, -0.05) is 30.3 Å². The highest BCUT2D eigenvalue weighted by atomic mass is 79.9. The van der Waals surface area contributed by atoms with E-state index in [1.807, 2.05) is 23.1 Å². The average Bonchev–Trinajstić information content (AvgIpc) is 3.48. The second-order valence-electron chi connectivity index (χ2n) is 8.17. The maximum atomic E-state index is 13.5. The van der Waals surface area contributed by atoms with Crippen molar-refractivity contribution in [2.75, 3.05) is 18.0 Å². The first-order chi connectivity index (χ1) is 14.7. The number of benzene rings is 1. The number of rotatable bonds is 2. The van der Waals surface area contributed by atoms with Gasteiger partial charge in [-0.2, -0.15) is 9.61 Å². The van der Waals surface area contributed by atoms with E-state index in [1.54, 1.807) is 10.7 Å². The second-order valence-corrected chi connectivity index (χ2v) is 9.03. The minimum atomic E-state index is -0.717. The predicted octanol–water partition coefficient (Wildman–Crippen LogP) is 2.95. The predicted molar refractivity (Wildman–Crippen MR) is 113 cm³/mol. The third kappa shape index (κ3) is 2.61. The topological polar surface area (TPSA) is 75.9 Å². The number of amides is 1. The number of hydrogen-bond acceptors (Lipinski definition) is 6. The van der Waals surface area contributed by atoms with Crippen molar-refractivity contribution >= 4 is 33.4 Å². The van der Waals surface area contributed by atoms with Gasteiger partial charge in [0.2, 0.25) is 5.95 Å². The molecule has 3 aliphatic heterocycles. The number of aromatic nitrogens is 4. The molecule has 3 aliphatic rings. The van der Waals surface area contributed by atoms with E-state index in [2.05, 4.69) is 48.0 Å². The van der Waals surface area contributed by atoms with Gasteiger partial charge in [0.1, 0.15) is 12.6 Å². The van der Waals surface area contributed by atoms with Gasteiger partial charge in [0.25, 0.3) is 5.91 Å². The van der Waals surface area contributed by atoms with Crippen LogP contribution in [0.2, 0.25) is 0 Å². The number of piperidine rings is 1. The zero-order valence-corrected chi connectivity index (χ0v) is 17.9. The molecule has 30 heavy (non-hydrogen) atoms. The molecule has 1 aromatic carbocycles. The fraction of sp³-hybridized carbons (Fsp3) is 0.429. The van der Waals surface area contributed by atoms with Crippen LogP contribution in [-0.2, 0) is 9.53 Å². The quantitative estimate of drug-likeness (QED) is 0.575. The highest BCUT2D eigenvalue weighted by molar-refractivity contribution is 9.10. The molecule has 154 valence electrons. The molecule has 3 aromatic rings. The minimum absolute atomic E-state index is 0.109. The van der Waals surface area contributed by atoms with Crippen LogP contribution in [0, 0.1) is 0 Å². The van der Waals surface area contributed by atoms with Crippen molar-refractivity contribution in [3.05, 3.63) is 52.9 Å². The van der Waals surface area contributed by atoms with Crippen molar-refractivity contribution in [2.24, 2.45) is 0 Å². The largest absolute Gasteiger partial charge is 0.342 e. The maximum Gasteiger partial charge on any atom is 0.257 e. The third-order valence-corrected chi connectivity index (χ3v) is 7.16. The van der Waals surface area contributed by atoms with E-state index in [0.29, 0.717) is 25.9 Å². The lowest BCUT2D eigenvalue weighted by molar-refractivity contribution is -0.140. The van der Waals surface area contributed by atoms with Gasteiger partial charge in [-0.25, -0.2) is 9.97 Å². The highest BCUT2D eigenvalue weighted by Crippen LogP contribution is 2.47. The first-order valence-corrected chi connectivity index (χ1v) is 11.1. The Bertz CT molecular complexity index is 1110. The Kier molecular flexibility index (Phi) is 4.11. The number of nitrogens with zero attached hydrogens (tertiary/aromatic N) is 6. The molecule has 0 radical (unpaired) electrons. The number of hydrogen-bond donors (Lipinski definition) is 0. The molecule has 0 aliphatic carbocycles. The molecular weight excluding hydrogens is 448 g/mol. The van der Waals surface area contributed by atoms with Gasteiger partial charge in [-0.15, -0.1) is 0 Å². The zero-order chi connectivity index (χ0) is 20.3. The number of ether oxygens (including phenoxy) is 1. The summed E-state index contributed by atoms with van der Waals surface area (Å²) in [7, 11) is 0. The summed E-state index contributed by atoms with van der Waals surface area (Å²) in [5.74, 6) is 0.891. The van der Waals surface area contributed by atoms with Crippen LogP contribution in [0.25, 0.3) is 5.65 Å². The van der Waals surface area contributed by atoms with Crippen LogP contribution in [0.1, 0.15) is 37.3 Å². The Hall–Kier alpha value is -2.52. The van der Waals surface area contributed by atoms with Crippen LogP contribution in [-0.4, -0.2) is 55.3 Å². The normalized spacial score (nSPS) is 25.4. The molecule has 3 saturated heterocycles. The van der Waals surface area contributed by atoms with E-state index in [4.69, 9.17) is 4.74 Å². The van der Waals surface area contributed by atoms with E-state index in [9.17, 15) is 4.79 Å². The van der Waals surface area contributed by atoms with Gasteiger partial charge in [0.05, 0.1) is 10.5 Å². The van der Waals surface area contributed by atoms with Crippen LogP contribution < -0.4 is 4.90 Å². The molecule has 1 amide bonds. The highest BCUT2D eigenvalue weighted by Gasteiger charge is 2.58. The van der Waals surface area contributed by atoms with Crippen LogP contribution >= 0.6 is 15.9 Å². The third-order valence-electron chi connectivity index (χ3n) is 6.60. The Morgan fingerprint density at radius 3 is 2.70 bits per heavy atom. The summed E-state index contributed by atoms with van der Waals surface area (Å²) in [6, 6.07) is 10.4. The van der Waals surface area contributed by atoms with Gasteiger partial charge in [0, 0.05) is 32.1 Å². The molecule has 5 heterocycles. The molecule has 3 fully saturated rings. The molecule has 0 N–H and O–H groups in total. The number of halogens is 1. The van der Waals surface area contributed by atoms with Crippen molar-refractivity contribution in [3.8, 4) is 0 Å². The first-order valence-electron chi connectivity index (χ1n) is 10.3. The molecule has 2 aromatic heterocycles. The van der Waals surface area contributed by atoms with Gasteiger partial charge in [0.15, 0.2) is 11.2 Å². The number of anilines is 1. The summed E-state index contributed by atoms with van der Waals surface area (Å²) in [5.41, 5.74) is 1.21. The molecule has 9 heteroatoms. The lowest BCUT2D eigenvalue weighted by Crippen LogP contribution is -2.51. The lowest BCUT2D eigenvalue weighted by Gasteiger charge is -2.37. The molecule has 0 bridgehead atoms. The van der Waals surface area contributed by atoms with Gasteiger partial charge < -0.3 is 14.5 Å². The summed E-state index contributed by atoms with van der Waals surface area (Å²) in [6.45, 7) is 1.37. The molecular formula is C21H21BrN6O2. The summed E-state index contributed by atoms with van der Waals surface area (Å²) >= 11 is 3.47. The Morgan fingerprint density at radius 2 is 1.90 bits per heavy atom. The van der Waals surface area contributed by atoms with Crippen LogP contribution in [0.3, 0.4) is 0 Å². The Balaban J connectivity index is 1.23. The summed E-state index contributed by atoms with van der Waals surface area (Å²) in [4.78, 5) is 26.5. The summed E-state index contributed by atoms with van der Waals surface area (Å²) in [6.07, 6.45) is 6.31. The van der Waals surface area contributed by atoms with Gasteiger partial charge in [-0.3, -0.25) is 4.79 Å². The van der Waals surface area contributed by atoms with Crippen molar-refractivity contribution < 1.29 is 9.53 Å². The number of carbonyl (C=O) groups excluding carboxylic acids is 1. The molecule has 2 atom stereocenters. The summed E-state index contributed by atoms with van der Waals surface area (Å²) < 4.78 is 8.98. The Morgan fingerprint density at radius 1 is 1.10 bits per heavy atom. The van der Waals surface area contributed by atoms with Crippen molar-refractivity contribution in [3.63, 3.8) is 0 Å². The van der Waals surface area contributed by atoms with E-state index in [1.165, 1.54) is 11.9 Å². The second kappa shape index (κ2) is 6.75. The number of carbonyl (C=O) groups is 1. The van der Waals surface area contributed by atoms with Crippen molar-refractivity contribution in [2.45, 2.75) is 43.6 Å². The first kappa shape index (κ1) is 18.3. The number of fused-ring (bicyclic) bond motifs is 2. The average molecular weight is 469 g/mol. The van der Waals surface area contributed by atoms with Crippen LogP contribution in [0.5, 0.6) is 0 Å². The SMILES string of the molecule is O=C1N2[C@@H](CC[C@H]2c2ccccc2)OC12CCN(c1ncc(Br)c3ncnn13)CC2. The smallest absolute Gasteiger partial charge is 0.257 e. The standard InChI is InChI=1S/C21H21BrN6O2/c22-15-12-23-20(28-18(15)24-13-25-28)26-10-8-21(9-11-26)19(29)27-16(6-7-17(27)30-21)14-4-2-1-3-5-14/h1-5,12-13,16-17H,6-11H2/t16-,17+/m0/s1. The van der Waals surface area contributed by atoms with Crippen molar-refractivity contribution in [1.82, 2.24) is 24.5 Å². The monoisotopic (exact) mass is 468 g/mol. The van der Waals surface area contributed by atoms with Crippen LogP contribution in [0.4, 0.5) is 5.95 Å². The summed E-state index contributed by atoms with van der Waals surface area (Å²) in [5, 5.41) is 4.31. The fourth-order valence-electron chi connectivity index (χ4n) is 5.11. The molecule has 1 spiro atoms. The molecule has 8 nitrogen and oxygen atoms in total. The van der Waals surface area contributed by atoms with Crippen molar-refractivity contribution in [1.29, 1.82) is 0 Å². The lowest BCUT2D eigenvalue weighted by atomic mass is 9.89. The molecule has 6 rings (SSSR count). The van der Waals surface area contributed by atoms with E-state index in [0.717, 1.165) is 28.9 Å².